The summed E-state index contributed by atoms with van der Waals surface area (Å²) in [5.74, 6) is -0.560. The molecule has 5 nitrogen and oxygen atoms in total. The first kappa shape index (κ1) is 16.4. The highest BCUT2D eigenvalue weighted by Gasteiger charge is 2.14. The Morgan fingerprint density at radius 3 is 2.20 bits per heavy atom. The number of pyridine rings is 1. The van der Waals surface area contributed by atoms with Gasteiger partial charge in [-0.2, -0.15) is 0 Å². The molecule has 25 heavy (non-hydrogen) atoms. The van der Waals surface area contributed by atoms with Gasteiger partial charge in [-0.1, -0.05) is 29.8 Å². The van der Waals surface area contributed by atoms with Crippen molar-refractivity contribution in [1.82, 2.24) is 4.98 Å². The van der Waals surface area contributed by atoms with Crippen molar-refractivity contribution >= 4 is 23.2 Å². The Morgan fingerprint density at radius 2 is 1.48 bits per heavy atom. The quantitative estimate of drug-likeness (QED) is 0.762. The zero-order valence-electron chi connectivity index (χ0n) is 13.7. The molecule has 0 saturated carbocycles. The second-order valence-electron chi connectivity index (χ2n) is 5.56. The van der Waals surface area contributed by atoms with Crippen molar-refractivity contribution in [2.24, 2.45) is 0 Å². The van der Waals surface area contributed by atoms with Crippen LogP contribution in [0.5, 0.6) is 0 Å². The van der Waals surface area contributed by atoms with Gasteiger partial charge in [0.2, 0.25) is 0 Å². The average Bonchev–Trinajstić information content (AvgIpc) is 2.63. The summed E-state index contributed by atoms with van der Waals surface area (Å²) in [7, 11) is 0. The monoisotopic (exact) mass is 331 g/mol. The summed E-state index contributed by atoms with van der Waals surface area (Å²) in [5.41, 5.74) is 3.10. The molecule has 0 bridgehead atoms. The number of hydrogen-bond acceptors (Lipinski definition) is 3. The zero-order valence-corrected chi connectivity index (χ0v) is 13.7. The molecule has 1 heterocycles. The average molecular weight is 331 g/mol. The van der Waals surface area contributed by atoms with E-state index in [1.807, 2.05) is 19.1 Å². The first-order valence-corrected chi connectivity index (χ1v) is 7.82. The number of carbonyl (C=O) groups excluding carboxylic acids is 2. The number of hydrogen-bond donors (Lipinski definition) is 2. The molecule has 124 valence electrons. The van der Waals surface area contributed by atoms with Crippen LogP contribution in [0.2, 0.25) is 0 Å². The van der Waals surface area contributed by atoms with Crippen molar-refractivity contribution in [3.8, 4) is 0 Å². The third-order valence-corrected chi connectivity index (χ3v) is 3.67. The maximum Gasteiger partial charge on any atom is 0.257 e. The number of para-hydroxylation sites is 1. The summed E-state index contributed by atoms with van der Waals surface area (Å²) in [6.07, 6.45) is 3.20. The van der Waals surface area contributed by atoms with Crippen LogP contribution in [0.15, 0.2) is 73.1 Å². The fourth-order valence-electron chi connectivity index (χ4n) is 2.32. The van der Waals surface area contributed by atoms with Crippen LogP contribution >= 0.6 is 0 Å². The Labute approximate surface area is 145 Å². The third kappa shape index (κ3) is 4.09. The topological polar surface area (TPSA) is 71.1 Å². The lowest BCUT2D eigenvalue weighted by Crippen LogP contribution is -2.18. The summed E-state index contributed by atoms with van der Waals surface area (Å²) < 4.78 is 0. The predicted octanol–water partition coefficient (Wildman–Crippen LogP) is 3.89. The third-order valence-electron chi connectivity index (χ3n) is 3.67. The largest absolute Gasteiger partial charge is 0.322 e. The lowest BCUT2D eigenvalue weighted by molar-refractivity contribution is 0.102. The molecular formula is C20H17N3O2. The SMILES string of the molecule is Cc1ccc(C(=O)Nc2ccccc2C(=O)Nc2ccncc2)cc1. The van der Waals surface area contributed by atoms with Crippen molar-refractivity contribution in [2.75, 3.05) is 10.6 Å². The molecule has 5 heteroatoms. The van der Waals surface area contributed by atoms with E-state index in [1.165, 1.54) is 0 Å². The summed E-state index contributed by atoms with van der Waals surface area (Å²) in [5, 5.41) is 5.59. The van der Waals surface area contributed by atoms with Crippen molar-refractivity contribution in [1.29, 1.82) is 0 Å². The highest BCUT2D eigenvalue weighted by atomic mass is 16.2. The molecule has 0 radical (unpaired) electrons. The van der Waals surface area contributed by atoms with Crippen LogP contribution in [0.1, 0.15) is 26.3 Å². The Bertz CT molecular complexity index is 890. The van der Waals surface area contributed by atoms with E-state index in [0.717, 1.165) is 5.56 Å². The van der Waals surface area contributed by atoms with E-state index in [-0.39, 0.29) is 11.8 Å². The number of amides is 2. The number of nitrogens with zero attached hydrogens (tertiary/aromatic N) is 1. The van der Waals surface area contributed by atoms with Crippen LogP contribution in [0, 0.1) is 6.92 Å². The van der Waals surface area contributed by atoms with Gasteiger partial charge in [0.1, 0.15) is 0 Å². The number of nitrogens with one attached hydrogen (secondary N) is 2. The van der Waals surface area contributed by atoms with E-state index in [4.69, 9.17) is 0 Å². The highest BCUT2D eigenvalue weighted by Crippen LogP contribution is 2.18. The molecule has 0 aliphatic carbocycles. The van der Waals surface area contributed by atoms with Crippen LogP contribution in [0.3, 0.4) is 0 Å². The van der Waals surface area contributed by atoms with Gasteiger partial charge in [0.15, 0.2) is 0 Å². The van der Waals surface area contributed by atoms with E-state index in [9.17, 15) is 9.59 Å². The maximum atomic E-state index is 12.5. The van der Waals surface area contributed by atoms with Gasteiger partial charge in [0.05, 0.1) is 11.3 Å². The Balaban J connectivity index is 1.79. The van der Waals surface area contributed by atoms with E-state index in [2.05, 4.69) is 15.6 Å². The zero-order chi connectivity index (χ0) is 17.6. The van der Waals surface area contributed by atoms with Gasteiger partial charge in [-0.25, -0.2) is 0 Å². The van der Waals surface area contributed by atoms with Gasteiger partial charge in [0.25, 0.3) is 11.8 Å². The summed E-state index contributed by atoms with van der Waals surface area (Å²) in [6.45, 7) is 1.96. The minimum atomic E-state index is -0.300. The van der Waals surface area contributed by atoms with Crippen LogP contribution < -0.4 is 10.6 Å². The number of benzene rings is 2. The molecule has 3 rings (SSSR count). The molecule has 0 aliphatic heterocycles. The molecule has 0 atom stereocenters. The second kappa shape index (κ2) is 7.40. The van der Waals surface area contributed by atoms with Crippen LogP contribution in [0.25, 0.3) is 0 Å². The number of rotatable bonds is 4. The van der Waals surface area contributed by atoms with E-state index in [1.54, 1.807) is 60.9 Å². The smallest absolute Gasteiger partial charge is 0.257 e. The number of aryl methyl sites for hydroxylation is 1. The van der Waals surface area contributed by atoms with E-state index < -0.39 is 0 Å². The molecule has 2 aromatic carbocycles. The van der Waals surface area contributed by atoms with Crippen molar-refractivity contribution < 1.29 is 9.59 Å². The molecule has 0 unspecified atom stereocenters. The van der Waals surface area contributed by atoms with E-state index >= 15 is 0 Å². The minimum Gasteiger partial charge on any atom is -0.322 e. The van der Waals surface area contributed by atoms with Crippen molar-refractivity contribution in [3.63, 3.8) is 0 Å². The fourth-order valence-corrected chi connectivity index (χ4v) is 2.32. The molecule has 0 saturated heterocycles. The van der Waals surface area contributed by atoms with Gasteiger partial charge in [-0.05, 0) is 43.3 Å². The van der Waals surface area contributed by atoms with Gasteiger partial charge in [0, 0.05) is 23.6 Å². The molecule has 2 amide bonds. The number of anilines is 2. The molecule has 1 aromatic heterocycles. The standard InChI is InChI=1S/C20H17N3O2/c1-14-6-8-15(9-7-14)19(24)23-18-5-3-2-4-17(18)20(25)22-16-10-12-21-13-11-16/h2-13H,1H3,(H,23,24)(H,21,22,25). The van der Waals surface area contributed by atoms with Gasteiger partial charge in [-0.3, -0.25) is 14.6 Å². The normalized spacial score (nSPS) is 10.1. The van der Waals surface area contributed by atoms with Crippen molar-refractivity contribution in [2.45, 2.75) is 6.92 Å². The van der Waals surface area contributed by atoms with Crippen LogP contribution in [-0.2, 0) is 0 Å². The molecule has 0 fully saturated rings. The summed E-state index contributed by atoms with van der Waals surface area (Å²) in [6, 6.07) is 17.5. The van der Waals surface area contributed by atoms with Crippen LogP contribution in [-0.4, -0.2) is 16.8 Å². The van der Waals surface area contributed by atoms with Crippen molar-refractivity contribution in [3.05, 3.63) is 89.7 Å². The predicted molar refractivity (Wildman–Crippen MR) is 97.8 cm³/mol. The highest BCUT2D eigenvalue weighted by molar-refractivity contribution is 6.12. The summed E-state index contributed by atoms with van der Waals surface area (Å²) >= 11 is 0. The molecular weight excluding hydrogens is 314 g/mol. The maximum absolute atomic E-state index is 12.5. The minimum absolute atomic E-state index is 0.260. The lowest BCUT2D eigenvalue weighted by Gasteiger charge is -2.11. The number of carbonyl (C=O) groups is 2. The first-order chi connectivity index (χ1) is 12.1. The lowest BCUT2D eigenvalue weighted by atomic mass is 10.1. The molecule has 0 spiro atoms. The van der Waals surface area contributed by atoms with E-state index in [0.29, 0.717) is 22.5 Å². The Morgan fingerprint density at radius 1 is 0.800 bits per heavy atom. The summed E-state index contributed by atoms with van der Waals surface area (Å²) in [4.78, 5) is 28.8. The van der Waals surface area contributed by atoms with Gasteiger partial charge < -0.3 is 10.6 Å². The Kier molecular flexibility index (Phi) is 4.85. The van der Waals surface area contributed by atoms with Crippen LogP contribution in [0.4, 0.5) is 11.4 Å². The second-order valence-corrected chi connectivity index (χ2v) is 5.56. The molecule has 3 aromatic rings. The van der Waals surface area contributed by atoms with Gasteiger partial charge in [-0.15, -0.1) is 0 Å². The molecule has 0 aliphatic rings. The number of aromatic nitrogens is 1. The molecule has 2 N–H and O–H groups in total. The van der Waals surface area contributed by atoms with Gasteiger partial charge >= 0.3 is 0 Å². The Hall–Kier alpha value is -3.47. The first-order valence-electron chi connectivity index (χ1n) is 7.82. The fraction of sp³-hybridized carbons (Fsp3) is 0.0500.